The van der Waals surface area contributed by atoms with Crippen LogP contribution in [-0.4, -0.2) is 26.4 Å². The number of nitriles is 1. The van der Waals surface area contributed by atoms with E-state index in [1.54, 1.807) is 0 Å². The van der Waals surface area contributed by atoms with Crippen molar-refractivity contribution in [2.45, 2.75) is 27.7 Å². The molecule has 0 saturated carbocycles. The molecule has 2 rings (SSSR count). The Labute approximate surface area is 167 Å². The lowest BCUT2D eigenvalue weighted by Crippen LogP contribution is -1.99. The molecule has 2 aromatic carbocycles. The van der Waals surface area contributed by atoms with E-state index in [0.717, 1.165) is 11.1 Å². The van der Waals surface area contributed by atoms with Crippen molar-refractivity contribution in [1.29, 1.82) is 5.26 Å². The van der Waals surface area contributed by atoms with E-state index in [2.05, 4.69) is 6.07 Å². The molecular formula is C23H27NO4. The van der Waals surface area contributed by atoms with Crippen molar-refractivity contribution < 1.29 is 18.9 Å². The Hall–Kier alpha value is -3.13. The standard InChI is InChI=1S/C23H27NO4/c1-5-25-20-11-9-17(14-22(20)27-7-3)13-19(16-24)18-10-12-21(26-6-2)23(15-18)28-8-4/h9-15H,5-8H2,1-4H3/b19-13+. The molecule has 0 aliphatic heterocycles. The number of hydrogen-bond donors (Lipinski definition) is 0. The quantitative estimate of drug-likeness (QED) is 0.410. The summed E-state index contributed by atoms with van der Waals surface area (Å²) in [6.07, 6.45) is 1.82. The van der Waals surface area contributed by atoms with Gasteiger partial charge in [-0.3, -0.25) is 0 Å². The van der Waals surface area contributed by atoms with Crippen molar-refractivity contribution in [3.63, 3.8) is 0 Å². The third-order valence-corrected chi connectivity index (χ3v) is 3.85. The zero-order valence-corrected chi connectivity index (χ0v) is 17.0. The molecule has 5 heteroatoms. The van der Waals surface area contributed by atoms with Crippen LogP contribution in [0.25, 0.3) is 11.6 Å². The summed E-state index contributed by atoms with van der Waals surface area (Å²) < 4.78 is 22.5. The van der Waals surface area contributed by atoms with E-state index in [4.69, 9.17) is 18.9 Å². The van der Waals surface area contributed by atoms with Gasteiger partial charge in [0.25, 0.3) is 0 Å². The zero-order valence-electron chi connectivity index (χ0n) is 17.0. The number of rotatable bonds is 10. The normalized spacial score (nSPS) is 10.9. The molecule has 148 valence electrons. The van der Waals surface area contributed by atoms with Crippen molar-refractivity contribution in [3.8, 4) is 29.1 Å². The molecule has 0 radical (unpaired) electrons. The largest absolute Gasteiger partial charge is 0.490 e. The first kappa shape index (κ1) is 21.2. The van der Waals surface area contributed by atoms with Gasteiger partial charge in [0.05, 0.1) is 38.1 Å². The third-order valence-electron chi connectivity index (χ3n) is 3.85. The van der Waals surface area contributed by atoms with Crippen LogP contribution in [0.3, 0.4) is 0 Å². The molecule has 0 spiro atoms. The van der Waals surface area contributed by atoms with Crippen molar-refractivity contribution in [1.82, 2.24) is 0 Å². The molecule has 0 aliphatic carbocycles. The lowest BCUT2D eigenvalue weighted by Gasteiger charge is -2.13. The van der Waals surface area contributed by atoms with Crippen LogP contribution in [0.2, 0.25) is 0 Å². The van der Waals surface area contributed by atoms with Crippen molar-refractivity contribution in [3.05, 3.63) is 47.5 Å². The Balaban J connectivity index is 2.41. The summed E-state index contributed by atoms with van der Waals surface area (Å²) in [5.74, 6) is 2.66. The van der Waals surface area contributed by atoms with Gasteiger partial charge >= 0.3 is 0 Å². The van der Waals surface area contributed by atoms with Crippen LogP contribution in [0.15, 0.2) is 36.4 Å². The Morgan fingerprint density at radius 3 is 1.79 bits per heavy atom. The van der Waals surface area contributed by atoms with Crippen molar-refractivity contribution >= 4 is 11.6 Å². The highest BCUT2D eigenvalue weighted by molar-refractivity contribution is 5.90. The van der Waals surface area contributed by atoms with E-state index < -0.39 is 0 Å². The summed E-state index contributed by atoms with van der Waals surface area (Å²) in [5, 5.41) is 9.70. The van der Waals surface area contributed by atoms with Crippen LogP contribution in [0.5, 0.6) is 23.0 Å². The first-order valence-corrected chi connectivity index (χ1v) is 9.58. The molecule has 0 heterocycles. The molecule has 0 fully saturated rings. The Kier molecular flexibility index (Phi) is 8.23. The van der Waals surface area contributed by atoms with Gasteiger partial charge in [-0.15, -0.1) is 0 Å². The van der Waals surface area contributed by atoms with E-state index in [9.17, 15) is 5.26 Å². The van der Waals surface area contributed by atoms with E-state index in [0.29, 0.717) is 55.0 Å². The predicted molar refractivity (Wildman–Crippen MR) is 111 cm³/mol. The van der Waals surface area contributed by atoms with Crippen LogP contribution in [0.4, 0.5) is 0 Å². The van der Waals surface area contributed by atoms with E-state index in [1.165, 1.54) is 0 Å². The maximum Gasteiger partial charge on any atom is 0.161 e. The smallest absolute Gasteiger partial charge is 0.161 e. The topological polar surface area (TPSA) is 60.7 Å². The number of nitrogens with zero attached hydrogens (tertiary/aromatic N) is 1. The fourth-order valence-electron chi connectivity index (χ4n) is 2.72. The molecule has 0 amide bonds. The minimum absolute atomic E-state index is 0.520. The summed E-state index contributed by atoms with van der Waals surface area (Å²) in [6.45, 7) is 9.86. The molecule has 0 aromatic heterocycles. The summed E-state index contributed by atoms with van der Waals surface area (Å²) in [4.78, 5) is 0. The highest BCUT2D eigenvalue weighted by atomic mass is 16.5. The number of benzene rings is 2. The summed E-state index contributed by atoms with van der Waals surface area (Å²) in [5.41, 5.74) is 2.15. The maximum absolute atomic E-state index is 9.70. The lowest BCUT2D eigenvalue weighted by atomic mass is 10.0. The maximum atomic E-state index is 9.70. The second-order valence-corrected chi connectivity index (χ2v) is 5.77. The molecule has 0 N–H and O–H groups in total. The van der Waals surface area contributed by atoms with Gasteiger partial charge in [-0.25, -0.2) is 0 Å². The minimum Gasteiger partial charge on any atom is -0.490 e. The van der Waals surface area contributed by atoms with Gasteiger partial charge < -0.3 is 18.9 Å². The first-order valence-electron chi connectivity index (χ1n) is 9.58. The van der Waals surface area contributed by atoms with Crippen molar-refractivity contribution in [2.75, 3.05) is 26.4 Å². The molecule has 0 bridgehead atoms. The third kappa shape index (κ3) is 5.43. The Bertz CT molecular complexity index is 852. The van der Waals surface area contributed by atoms with E-state index in [-0.39, 0.29) is 0 Å². The van der Waals surface area contributed by atoms with E-state index in [1.807, 2.05) is 70.2 Å². The number of hydrogen-bond acceptors (Lipinski definition) is 5. The molecule has 2 aromatic rings. The van der Waals surface area contributed by atoms with Gasteiger partial charge in [0, 0.05) is 0 Å². The number of allylic oxidation sites excluding steroid dienone is 1. The second-order valence-electron chi connectivity index (χ2n) is 5.77. The van der Waals surface area contributed by atoms with Crippen molar-refractivity contribution in [2.24, 2.45) is 0 Å². The van der Waals surface area contributed by atoms with Crippen LogP contribution < -0.4 is 18.9 Å². The Morgan fingerprint density at radius 2 is 1.25 bits per heavy atom. The lowest BCUT2D eigenvalue weighted by molar-refractivity contribution is 0.287. The highest BCUT2D eigenvalue weighted by Crippen LogP contribution is 2.33. The predicted octanol–water partition coefficient (Wildman–Crippen LogP) is 5.35. The first-order chi connectivity index (χ1) is 13.7. The SMILES string of the molecule is CCOc1ccc(/C=C(\C#N)c2ccc(OCC)c(OCC)c2)cc1OCC. The fourth-order valence-corrected chi connectivity index (χ4v) is 2.72. The molecular weight excluding hydrogens is 354 g/mol. The van der Waals surface area contributed by atoms with Gasteiger partial charge in [0.2, 0.25) is 0 Å². The molecule has 0 atom stereocenters. The molecule has 0 saturated heterocycles. The molecule has 28 heavy (non-hydrogen) atoms. The van der Waals surface area contributed by atoms with Gasteiger partial charge in [0.15, 0.2) is 23.0 Å². The summed E-state index contributed by atoms with van der Waals surface area (Å²) in [6, 6.07) is 13.4. The van der Waals surface area contributed by atoms with Crippen LogP contribution in [0.1, 0.15) is 38.8 Å². The minimum atomic E-state index is 0.520. The average molecular weight is 381 g/mol. The average Bonchev–Trinajstić information content (AvgIpc) is 2.70. The molecule has 0 aliphatic rings. The Morgan fingerprint density at radius 1 is 0.750 bits per heavy atom. The summed E-state index contributed by atoms with van der Waals surface area (Å²) in [7, 11) is 0. The fraction of sp³-hybridized carbons (Fsp3) is 0.348. The van der Waals surface area contributed by atoms with Gasteiger partial charge in [-0.2, -0.15) is 5.26 Å². The van der Waals surface area contributed by atoms with E-state index >= 15 is 0 Å². The second kappa shape index (κ2) is 10.9. The molecule has 5 nitrogen and oxygen atoms in total. The van der Waals surface area contributed by atoms with Crippen LogP contribution >= 0.6 is 0 Å². The number of ether oxygens (including phenoxy) is 4. The van der Waals surface area contributed by atoms with Gasteiger partial charge in [-0.1, -0.05) is 6.07 Å². The van der Waals surface area contributed by atoms with Gasteiger partial charge in [0.1, 0.15) is 0 Å². The zero-order chi connectivity index (χ0) is 20.4. The molecule has 0 unspecified atom stereocenters. The van der Waals surface area contributed by atoms with Gasteiger partial charge in [-0.05, 0) is 75.2 Å². The summed E-state index contributed by atoms with van der Waals surface area (Å²) >= 11 is 0. The highest BCUT2D eigenvalue weighted by Gasteiger charge is 2.11. The van der Waals surface area contributed by atoms with Crippen LogP contribution in [0, 0.1) is 11.3 Å². The monoisotopic (exact) mass is 381 g/mol. The van der Waals surface area contributed by atoms with Crippen LogP contribution in [-0.2, 0) is 0 Å².